The Morgan fingerprint density at radius 1 is 1.32 bits per heavy atom. The number of rotatable bonds is 9. The molecule has 5 nitrogen and oxygen atoms in total. The predicted molar refractivity (Wildman–Crippen MR) is 91.2 cm³/mol. The van der Waals surface area contributed by atoms with E-state index in [-0.39, 0.29) is 24.4 Å². The normalized spacial score (nSPS) is 11.3. The molecule has 0 aliphatic rings. The van der Waals surface area contributed by atoms with Crippen LogP contribution in [0.1, 0.15) is 43.5 Å². The molecule has 6 heteroatoms. The topological polar surface area (TPSA) is 73.6 Å². The van der Waals surface area contributed by atoms with Crippen molar-refractivity contribution in [2.75, 3.05) is 20.3 Å². The average Bonchev–Trinajstić information content (AvgIpc) is 2.51. The second-order valence-electron chi connectivity index (χ2n) is 4.85. The third-order valence-corrected chi connectivity index (χ3v) is 3.25. The molecule has 0 saturated heterocycles. The summed E-state index contributed by atoms with van der Waals surface area (Å²) in [6.45, 7) is 5.01. The first kappa shape index (κ1) is 20.5. The Morgan fingerprint density at radius 2 is 2.05 bits per heavy atom. The van der Waals surface area contributed by atoms with Crippen LogP contribution in [0.15, 0.2) is 18.2 Å². The zero-order valence-electron chi connectivity index (χ0n) is 13.6. The Kier molecular flexibility index (Phi) is 10.4. The molecule has 0 saturated carbocycles. The highest BCUT2D eigenvalue weighted by Gasteiger charge is 2.14. The molecule has 0 aliphatic carbocycles. The number of amides is 1. The fourth-order valence-corrected chi connectivity index (χ4v) is 2.05. The number of hydrogen-bond donors (Lipinski definition) is 2. The summed E-state index contributed by atoms with van der Waals surface area (Å²) in [5.74, 6) is 1.06. The Bertz CT molecular complexity index is 455. The summed E-state index contributed by atoms with van der Waals surface area (Å²) in [7, 11) is 1.56. The number of carbonyl (C=O) groups excluding carboxylic acids is 1. The Morgan fingerprint density at radius 3 is 2.59 bits per heavy atom. The average molecular weight is 331 g/mol. The SMILES string of the molecule is CCCCC(CN)NC(=O)c1ccc(OCC)c(OC)c1.Cl. The van der Waals surface area contributed by atoms with E-state index in [1.165, 1.54) is 0 Å². The molecular formula is C16H27ClN2O3. The Balaban J connectivity index is 0.00000441. The number of halogens is 1. The van der Waals surface area contributed by atoms with Gasteiger partial charge in [0, 0.05) is 18.2 Å². The van der Waals surface area contributed by atoms with E-state index in [0.29, 0.717) is 30.2 Å². The van der Waals surface area contributed by atoms with Crippen LogP contribution in [0.5, 0.6) is 11.5 Å². The minimum absolute atomic E-state index is 0. The summed E-state index contributed by atoms with van der Waals surface area (Å²) in [5.41, 5.74) is 6.25. The van der Waals surface area contributed by atoms with E-state index in [4.69, 9.17) is 15.2 Å². The zero-order valence-corrected chi connectivity index (χ0v) is 14.4. The Labute approximate surface area is 139 Å². The molecule has 22 heavy (non-hydrogen) atoms. The van der Waals surface area contributed by atoms with Gasteiger partial charge in [0.05, 0.1) is 13.7 Å². The summed E-state index contributed by atoms with van der Waals surface area (Å²) < 4.78 is 10.7. The molecule has 1 aromatic rings. The van der Waals surface area contributed by atoms with Gasteiger partial charge in [0.2, 0.25) is 0 Å². The van der Waals surface area contributed by atoms with Crippen LogP contribution >= 0.6 is 12.4 Å². The number of ether oxygens (including phenoxy) is 2. The van der Waals surface area contributed by atoms with Crippen molar-refractivity contribution >= 4 is 18.3 Å². The largest absolute Gasteiger partial charge is 0.493 e. The monoisotopic (exact) mass is 330 g/mol. The van der Waals surface area contributed by atoms with E-state index < -0.39 is 0 Å². The molecule has 0 aromatic heterocycles. The van der Waals surface area contributed by atoms with Crippen LogP contribution in [-0.2, 0) is 0 Å². The first-order valence-corrected chi connectivity index (χ1v) is 7.47. The number of methoxy groups -OCH3 is 1. The molecule has 0 bridgehead atoms. The van der Waals surface area contributed by atoms with Crippen molar-refractivity contribution in [1.82, 2.24) is 5.32 Å². The van der Waals surface area contributed by atoms with E-state index >= 15 is 0 Å². The lowest BCUT2D eigenvalue weighted by atomic mass is 10.1. The maximum atomic E-state index is 12.3. The fraction of sp³-hybridized carbons (Fsp3) is 0.562. The number of nitrogens with two attached hydrogens (primary N) is 1. The highest BCUT2D eigenvalue weighted by atomic mass is 35.5. The van der Waals surface area contributed by atoms with Crippen LogP contribution in [0.4, 0.5) is 0 Å². The second kappa shape index (κ2) is 11.2. The van der Waals surface area contributed by atoms with Gasteiger partial charge in [0.1, 0.15) is 0 Å². The van der Waals surface area contributed by atoms with Gasteiger partial charge in [-0.1, -0.05) is 19.8 Å². The second-order valence-corrected chi connectivity index (χ2v) is 4.85. The fourth-order valence-electron chi connectivity index (χ4n) is 2.05. The van der Waals surface area contributed by atoms with Crippen LogP contribution < -0.4 is 20.5 Å². The number of hydrogen-bond acceptors (Lipinski definition) is 4. The first-order chi connectivity index (χ1) is 10.2. The molecular weight excluding hydrogens is 304 g/mol. The van der Waals surface area contributed by atoms with Crippen LogP contribution in [0, 0.1) is 0 Å². The molecule has 0 aliphatic heterocycles. The van der Waals surface area contributed by atoms with Gasteiger partial charge in [-0.2, -0.15) is 0 Å². The van der Waals surface area contributed by atoms with Gasteiger partial charge in [-0.15, -0.1) is 12.4 Å². The van der Waals surface area contributed by atoms with Crippen molar-refractivity contribution in [3.63, 3.8) is 0 Å². The van der Waals surface area contributed by atoms with Crippen molar-refractivity contribution < 1.29 is 14.3 Å². The quantitative estimate of drug-likeness (QED) is 0.730. The van der Waals surface area contributed by atoms with E-state index in [1.54, 1.807) is 25.3 Å². The molecule has 1 amide bonds. The minimum Gasteiger partial charge on any atom is -0.493 e. The van der Waals surface area contributed by atoms with Crippen LogP contribution in [-0.4, -0.2) is 32.2 Å². The smallest absolute Gasteiger partial charge is 0.251 e. The molecule has 0 heterocycles. The van der Waals surface area contributed by atoms with Gasteiger partial charge in [-0.05, 0) is 31.5 Å². The number of nitrogens with one attached hydrogen (secondary N) is 1. The highest BCUT2D eigenvalue weighted by Crippen LogP contribution is 2.28. The van der Waals surface area contributed by atoms with Gasteiger partial charge in [-0.25, -0.2) is 0 Å². The third kappa shape index (κ3) is 6.12. The lowest BCUT2D eigenvalue weighted by Gasteiger charge is -2.17. The first-order valence-electron chi connectivity index (χ1n) is 7.47. The summed E-state index contributed by atoms with van der Waals surface area (Å²) in [6, 6.07) is 5.18. The highest BCUT2D eigenvalue weighted by molar-refractivity contribution is 5.95. The lowest BCUT2D eigenvalue weighted by Crippen LogP contribution is -2.40. The molecule has 0 radical (unpaired) electrons. The van der Waals surface area contributed by atoms with Gasteiger partial charge in [0.25, 0.3) is 5.91 Å². The number of unbranched alkanes of at least 4 members (excludes halogenated alkanes) is 1. The maximum absolute atomic E-state index is 12.3. The molecule has 126 valence electrons. The minimum atomic E-state index is -0.136. The molecule has 3 N–H and O–H groups in total. The van der Waals surface area contributed by atoms with E-state index in [0.717, 1.165) is 19.3 Å². The van der Waals surface area contributed by atoms with Gasteiger partial charge in [0.15, 0.2) is 11.5 Å². The maximum Gasteiger partial charge on any atom is 0.251 e. The van der Waals surface area contributed by atoms with Crippen LogP contribution in [0.3, 0.4) is 0 Å². The molecule has 1 unspecified atom stereocenters. The van der Waals surface area contributed by atoms with E-state index in [1.807, 2.05) is 6.92 Å². The lowest BCUT2D eigenvalue weighted by molar-refractivity contribution is 0.0935. The summed E-state index contributed by atoms with van der Waals surface area (Å²) in [6.07, 6.45) is 3.03. The summed E-state index contributed by atoms with van der Waals surface area (Å²) >= 11 is 0. The Hall–Kier alpha value is -1.46. The molecule has 0 fully saturated rings. The summed E-state index contributed by atoms with van der Waals surface area (Å²) in [5, 5.41) is 2.96. The van der Waals surface area contributed by atoms with Crippen molar-refractivity contribution in [2.24, 2.45) is 5.73 Å². The standard InChI is InChI=1S/C16H26N2O3.ClH/c1-4-6-7-13(11-17)18-16(19)12-8-9-14(21-5-2)15(10-12)20-3;/h8-10,13H,4-7,11,17H2,1-3H3,(H,18,19);1H. The molecule has 0 spiro atoms. The van der Waals surface area contributed by atoms with Gasteiger partial charge in [-0.3, -0.25) is 4.79 Å². The third-order valence-electron chi connectivity index (χ3n) is 3.25. The molecule has 1 atom stereocenters. The van der Waals surface area contributed by atoms with Crippen LogP contribution in [0.2, 0.25) is 0 Å². The van der Waals surface area contributed by atoms with Crippen molar-refractivity contribution in [3.05, 3.63) is 23.8 Å². The van der Waals surface area contributed by atoms with E-state index in [2.05, 4.69) is 12.2 Å². The zero-order chi connectivity index (χ0) is 15.7. The number of carbonyl (C=O) groups is 1. The van der Waals surface area contributed by atoms with Crippen molar-refractivity contribution in [1.29, 1.82) is 0 Å². The van der Waals surface area contributed by atoms with Crippen LogP contribution in [0.25, 0.3) is 0 Å². The molecule has 1 aromatic carbocycles. The van der Waals surface area contributed by atoms with Crippen molar-refractivity contribution in [3.8, 4) is 11.5 Å². The van der Waals surface area contributed by atoms with Gasteiger partial charge >= 0.3 is 0 Å². The predicted octanol–water partition coefficient (Wildman–Crippen LogP) is 2.76. The van der Waals surface area contributed by atoms with E-state index in [9.17, 15) is 4.79 Å². The molecule has 1 rings (SSSR count). The van der Waals surface area contributed by atoms with Crippen molar-refractivity contribution in [2.45, 2.75) is 39.2 Å². The van der Waals surface area contributed by atoms with Gasteiger partial charge < -0.3 is 20.5 Å². The number of benzene rings is 1. The summed E-state index contributed by atoms with van der Waals surface area (Å²) in [4.78, 5) is 12.3.